The van der Waals surface area contributed by atoms with Crippen LogP contribution in [0.15, 0.2) is 59.1 Å². The fraction of sp³-hybridized carbons (Fsp3) is 0.190. The van der Waals surface area contributed by atoms with Crippen LogP contribution in [0.2, 0.25) is 5.02 Å². The lowest BCUT2D eigenvalue weighted by Gasteiger charge is -2.16. The van der Waals surface area contributed by atoms with E-state index < -0.39 is 0 Å². The van der Waals surface area contributed by atoms with Crippen LogP contribution in [0.5, 0.6) is 0 Å². The van der Waals surface area contributed by atoms with Crippen LogP contribution in [-0.2, 0) is 11.3 Å². The zero-order valence-electron chi connectivity index (χ0n) is 16.1. The molecule has 2 amide bonds. The molecule has 1 heterocycles. The lowest BCUT2D eigenvalue weighted by Crippen LogP contribution is -2.30. The number of para-hydroxylation sites is 1. The molecule has 0 atom stereocenters. The summed E-state index contributed by atoms with van der Waals surface area (Å²) >= 11 is 5.87. The second-order valence-corrected chi connectivity index (χ2v) is 7.09. The standard InChI is InChI=1S/C21H21ClN4O3/c1-14-11-17(25-29-14)12-26(2)13-20(27)24-19-6-4-3-5-18(19)21(28)23-16-9-7-15(22)8-10-16/h3-11H,12-13H2,1-2H3,(H,23,28)(H,24,27). The Labute approximate surface area is 173 Å². The SMILES string of the molecule is Cc1cc(CN(C)CC(=O)Nc2ccccc2C(=O)Nc2ccc(Cl)cc2)no1. The third-order valence-electron chi connectivity index (χ3n) is 4.07. The number of benzene rings is 2. The van der Waals surface area contributed by atoms with Crippen LogP contribution in [0, 0.1) is 6.92 Å². The van der Waals surface area contributed by atoms with Crippen molar-refractivity contribution in [1.29, 1.82) is 0 Å². The first-order chi connectivity index (χ1) is 13.9. The molecule has 0 unspecified atom stereocenters. The van der Waals surface area contributed by atoms with Crippen molar-refractivity contribution in [1.82, 2.24) is 10.1 Å². The minimum Gasteiger partial charge on any atom is -0.361 e. The molecule has 0 saturated carbocycles. The van der Waals surface area contributed by atoms with Gasteiger partial charge in [0, 0.05) is 23.3 Å². The van der Waals surface area contributed by atoms with Gasteiger partial charge in [-0.3, -0.25) is 14.5 Å². The molecular formula is C21H21ClN4O3. The molecule has 0 radical (unpaired) electrons. The van der Waals surface area contributed by atoms with Crippen molar-refractivity contribution in [3.8, 4) is 0 Å². The van der Waals surface area contributed by atoms with Crippen LogP contribution in [-0.4, -0.2) is 35.5 Å². The Bertz CT molecular complexity index is 1000. The van der Waals surface area contributed by atoms with Crippen molar-refractivity contribution in [2.24, 2.45) is 0 Å². The predicted octanol–water partition coefficient (Wildman–Crippen LogP) is 3.96. The third kappa shape index (κ3) is 5.91. The van der Waals surface area contributed by atoms with Gasteiger partial charge in [-0.25, -0.2) is 0 Å². The smallest absolute Gasteiger partial charge is 0.257 e. The van der Waals surface area contributed by atoms with Crippen LogP contribution in [0.4, 0.5) is 11.4 Å². The summed E-state index contributed by atoms with van der Waals surface area (Å²) in [6, 6.07) is 15.5. The van der Waals surface area contributed by atoms with Gasteiger partial charge in [-0.1, -0.05) is 28.9 Å². The molecule has 3 aromatic rings. The van der Waals surface area contributed by atoms with Crippen molar-refractivity contribution < 1.29 is 14.1 Å². The summed E-state index contributed by atoms with van der Waals surface area (Å²) in [5, 5.41) is 10.1. The number of hydrogen-bond acceptors (Lipinski definition) is 5. The van der Waals surface area contributed by atoms with Crippen molar-refractivity contribution in [3.63, 3.8) is 0 Å². The van der Waals surface area contributed by atoms with Gasteiger partial charge in [0.15, 0.2) is 0 Å². The normalized spacial score (nSPS) is 10.8. The Morgan fingerprint density at radius 2 is 1.83 bits per heavy atom. The van der Waals surface area contributed by atoms with Gasteiger partial charge in [-0.2, -0.15) is 0 Å². The first-order valence-electron chi connectivity index (χ1n) is 8.97. The van der Waals surface area contributed by atoms with E-state index in [-0.39, 0.29) is 18.4 Å². The van der Waals surface area contributed by atoms with Crippen LogP contribution < -0.4 is 10.6 Å². The number of likely N-dealkylation sites (N-methyl/N-ethyl adjacent to an activating group) is 1. The second kappa shape index (κ2) is 9.36. The number of anilines is 2. The lowest BCUT2D eigenvalue weighted by molar-refractivity contribution is -0.117. The zero-order valence-corrected chi connectivity index (χ0v) is 16.9. The van der Waals surface area contributed by atoms with E-state index in [4.69, 9.17) is 16.1 Å². The molecule has 0 fully saturated rings. The highest BCUT2D eigenvalue weighted by molar-refractivity contribution is 6.30. The van der Waals surface area contributed by atoms with Gasteiger partial charge < -0.3 is 15.2 Å². The molecule has 1 aromatic heterocycles. The van der Waals surface area contributed by atoms with E-state index in [2.05, 4.69) is 15.8 Å². The Morgan fingerprint density at radius 3 is 2.52 bits per heavy atom. The minimum atomic E-state index is -0.324. The maximum absolute atomic E-state index is 12.6. The summed E-state index contributed by atoms with van der Waals surface area (Å²) < 4.78 is 5.03. The molecule has 29 heavy (non-hydrogen) atoms. The second-order valence-electron chi connectivity index (χ2n) is 6.66. The quantitative estimate of drug-likeness (QED) is 0.613. The Kier molecular flexibility index (Phi) is 6.64. The lowest BCUT2D eigenvalue weighted by atomic mass is 10.1. The molecule has 8 heteroatoms. The zero-order chi connectivity index (χ0) is 20.8. The molecule has 3 rings (SSSR count). The summed E-state index contributed by atoms with van der Waals surface area (Å²) in [6.45, 7) is 2.43. The number of carbonyl (C=O) groups excluding carboxylic acids is 2. The summed E-state index contributed by atoms with van der Waals surface area (Å²) in [5.74, 6) is 0.160. The predicted molar refractivity (Wildman–Crippen MR) is 112 cm³/mol. The van der Waals surface area contributed by atoms with E-state index in [1.165, 1.54) is 0 Å². The molecule has 7 nitrogen and oxygen atoms in total. The number of halogens is 1. The van der Waals surface area contributed by atoms with Crippen LogP contribution in [0.1, 0.15) is 21.8 Å². The fourth-order valence-electron chi connectivity index (χ4n) is 2.78. The van der Waals surface area contributed by atoms with Crippen molar-refractivity contribution in [3.05, 3.63) is 76.6 Å². The number of amides is 2. The first-order valence-corrected chi connectivity index (χ1v) is 9.35. The van der Waals surface area contributed by atoms with E-state index in [0.717, 1.165) is 11.5 Å². The van der Waals surface area contributed by atoms with Gasteiger partial charge in [-0.15, -0.1) is 0 Å². The van der Waals surface area contributed by atoms with Crippen molar-refractivity contribution in [2.75, 3.05) is 24.2 Å². The van der Waals surface area contributed by atoms with Crippen LogP contribution in [0.3, 0.4) is 0 Å². The monoisotopic (exact) mass is 412 g/mol. The summed E-state index contributed by atoms with van der Waals surface area (Å²) in [5.41, 5.74) is 2.17. The maximum atomic E-state index is 12.6. The number of nitrogens with zero attached hydrogens (tertiary/aromatic N) is 2. The van der Waals surface area contributed by atoms with E-state index in [1.807, 2.05) is 24.9 Å². The van der Waals surface area contributed by atoms with Crippen molar-refractivity contribution >= 4 is 34.8 Å². The average Bonchev–Trinajstić information content (AvgIpc) is 3.08. The average molecular weight is 413 g/mol. The summed E-state index contributed by atoms with van der Waals surface area (Å²) in [6.07, 6.45) is 0. The molecule has 0 aliphatic heterocycles. The largest absolute Gasteiger partial charge is 0.361 e. The molecular weight excluding hydrogens is 392 g/mol. The van der Waals surface area contributed by atoms with Gasteiger partial charge in [0.25, 0.3) is 5.91 Å². The molecule has 0 spiro atoms. The molecule has 2 N–H and O–H groups in total. The maximum Gasteiger partial charge on any atom is 0.257 e. The number of aromatic nitrogens is 1. The summed E-state index contributed by atoms with van der Waals surface area (Å²) in [4.78, 5) is 26.9. The first kappa shape index (κ1) is 20.6. The number of rotatable bonds is 7. The molecule has 0 aliphatic rings. The van der Waals surface area contributed by atoms with Gasteiger partial charge in [0.1, 0.15) is 5.76 Å². The van der Waals surface area contributed by atoms with Gasteiger partial charge in [-0.05, 0) is 50.4 Å². The van der Waals surface area contributed by atoms with Crippen LogP contribution >= 0.6 is 11.6 Å². The van der Waals surface area contributed by atoms with E-state index >= 15 is 0 Å². The topological polar surface area (TPSA) is 87.5 Å². The van der Waals surface area contributed by atoms with Gasteiger partial charge in [0.2, 0.25) is 5.91 Å². The third-order valence-corrected chi connectivity index (χ3v) is 4.32. The highest BCUT2D eigenvalue weighted by Crippen LogP contribution is 2.19. The van der Waals surface area contributed by atoms with E-state index in [0.29, 0.717) is 28.5 Å². The molecule has 0 bridgehead atoms. The Hall–Kier alpha value is -3.16. The summed E-state index contributed by atoms with van der Waals surface area (Å²) in [7, 11) is 1.81. The van der Waals surface area contributed by atoms with Gasteiger partial charge in [0.05, 0.1) is 23.5 Å². The number of nitrogens with one attached hydrogen (secondary N) is 2. The van der Waals surface area contributed by atoms with Crippen LogP contribution in [0.25, 0.3) is 0 Å². The Balaban J connectivity index is 1.62. The molecule has 0 aliphatic carbocycles. The van der Waals surface area contributed by atoms with E-state index in [1.54, 1.807) is 48.5 Å². The number of hydrogen-bond donors (Lipinski definition) is 2. The molecule has 2 aromatic carbocycles. The fourth-order valence-corrected chi connectivity index (χ4v) is 2.91. The Morgan fingerprint density at radius 1 is 1.10 bits per heavy atom. The van der Waals surface area contributed by atoms with Gasteiger partial charge >= 0.3 is 0 Å². The number of carbonyl (C=O) groups is 2. The molecule has 0 saturated heterocycles. The minimum absolute atomic E-state index is 0.138. The number of aryl methyl sites for hydroxylation is 1. The van der Waals surface area contributed by atoms with Crippen molar-refractivity contribution in [2.45, 2.75) is 13.5 Å². The molecule has 150 valence electrons. The van der Waals surface area contributed by atoms with E-state index in [9.17, 15) is 9.59 Å². The highest BCUT2D eigenvalue weighted by atomic mass is 35.5. The highest BCUT2D eigenvalue weighted by Gasteiger charge is 2.15.